The van der Waals surface area contributed by atoms with E-state index in [-0.39, 0.29) is 12.5 Å². The molecule has 1 heterocycles. The Balaban J connectivity index is 2.13. The first-order chi connectivity index (χ1) is 31.3. The summed E-state index contributed by atoms with van der Waals surface area (Å²) in [6.07, 6.45) is 50.0. The first kappa shape index (κ1) is 60.7. The van der Waals surface area contributed by atoms with Gasteiger partial charge in [0.25, 0.3) is 0 Å². The van der Waals surface area contributed by atoms with Crippen LogP contribution >= 0.6 is 0 Å². The van der Waals surface area contributed by atoms with Crippen LogP contribution in [0.4, 0.5) is 0 Å². The van der Waals surface area contributed by atoms with E-state index in [9.17, 15) is 30.3 Å². The number of nitrogens with one attached hydrogen (secondary N) is 1. The van der Waals surface area contributed by atoms with Crippen molar-refractivity contribution < 1.29 is 39.8 Å². The van der Waals surface area contributed by atoms with Crippen LogP contribution in [0, 0.1) is 0 Å². The number of aliphatic hydroxyl groups is 5. The second-order valence-electron chi connectivity index (χ2n) is 19.4. The van der Waals surface area contributed by atoms with Crippen LogP contribution in [0.15, 0.2) is 24.3 Å². The van der Waals surface area contributed by atoms with E-state index < -0.39 is 49.5 Å². The van der Waals surface area contributed by atoms with Crippen molar-refractivity contribution in [3.8, 4) is 0 Å². The molecular formula is C55H105NO8. The van der Waals surface area contributed by atoms with Gasteiger partial charge < -0.3 is 40.3 Å². The lowest BCUT2D eigenvalue weighted by Crippen LogP contribution is -2.60. The number of amides is 1. The van der Waals surface area contributed by atoms with Crippen LogP contribution in [-0.4, -0.2) is 87.5 Å². The summed E-state index contributed by atoms with van der Waals surface area (Å²) in [7, 11) is 0. The van der Waals surface area contributed by atoms with Gasteiger partial charge in [-0.05, 0) is 32.1 Å². The minimum absolute atomic E-state index is 0.188. The second-order valence-corrected chi connectivity index (χ2v) is 19.4. The first-order valence-corrected chi connectivity index (χ1v) is 27.6. The average molecular weight is 908 g/mol. The van der Waals surface area contributed by atoms with E-state index in [1.807, 2.05) is 6.08 Å². The second kappa shape index (κ2) is 45.5. The predicted molar refractivity (Wildman–Crippen MR) is 267 cm³/mol. The zero-order chi connectivity index (χ0) is 46.6. The lowest BCUT2D eigenvalue weighted by molar-refractivity contribution is -0.302. The van der Waals surface area contributed by atoms with Gasteiger partial charge in [0.15, 0.2) is 6.29 Å². The SMILES string of the molecule is CCCCCCCCCCCCCCCCCCCCCCCCCCCC/C=C/CC/C=C/C(O)C(COC1OC(CO)C(O)C(O)C1O)NC(=O)CCCCCCCCCCC. The number of carbonyl (C=O) groups excluding carboxylic acids is 1. The van der Waals surface area contributed by atoms with Gasteiger partial charge in [-0.3, -0.25) is 4.79 Å². The van der Waals surface area contributed by atoms with Crippen LogP contribution in [0.2, 0.25) is 0 Å². The summed E-state index contributed by atoms with van der Waals surface area (Å²) in [5, 5.41) is 54.2. The molecule has 7 atom stereocenters. The largest absolute Gasteiger partial charge is 0.394 e. The van der Waals surface area contributed by atoms with Crippen molar-refractivity contribution in [1.29, 1.82) is 0 Å². The van der Waals surface area contributed by atoms with Gasteiger partial charge in [-0.1, -0.05) is 250 Å². The molecule has 378 valence electrons. The van der Waals surface area contributed by atoms with Crippen LogP contribution < -0.4 is 5.32 Å². The molecule has 7 unspecified atom stereocenters. The number of hydrogen-bond acceptors (Lipinski definition) is 8. The average Bonchev–Trinajstić information content (AvgIpc) is 3.29. The fourth-order valence-electron chi connectivity index (χ4n) is 8.88. The Morgan fingerprint density at radius 1 is 0.516 bits per heavy atom. The van der Waals surface area contributed by atoms with Gasteiger partial charge in [0, 0.05) is 6.42 Å². The van der Waals surface area contributed by atoms with E-state index in [0.717, 1.165) is 38.5 Å². The molecular weight excluding hydrogens is 803 g/mol. The Morgan fingerprint density at radius 3 is 1.31 bits per heavy atom. The van der Waals surface area contributed by atoms with E-state index in [4.69, 9.17) is 9.47 Å². The molecule has 0 saturated carbocycles. The van der Waals surface area contributed by atoms with Crippen molar-refractivity contribution in [2.45, 2.75) is 307 Å². The molecule has 6 N–H and O–H groups in total. The highest BCUT2D eigenvalue weighted by molar-refractivity contribution is 5.76. The smallest absolute Gasteiger partial charge is 0.220 e. The van der Waals surface area contributed by atoms with Crippen LogP contribution in [0.25, 0.3) is 0 Å². The normalized spacial score (nSPS) is 20.1. The molecule has 0 spiro atoms. The number of allylic oxidation sites excluding steroid dienone is 3. The van der Waals surface area contributed by atoms with E-state index >= 15 is 0 Å². The van der Waals surface area contributed by atoms with Gasteiger partial charge in [0.1, 0.15) is 24.4 Å². The fourth-order valence-corrected chi connectivity index (χ4v) is 8.88. The van der Waals surface area contributed by atoms with Crippen molar-refractivity contribution in [1.82, 2.24) is 5.32 Å². The van der Waals surface area contributed by atoms with Crippen LogP contribution in [-0.2, 0) is 14.3 Å². The lowest BCUT2D eigenvalue weighted by Gasteiger charge is -2.40. The maximum atomic E-state index is 12.9. The minimum Gasteiger partial charge on any atom is -0.394 e. The molecule has 0 aromatic carbocycles. The van der Waals surface area contributed by atoms with Gasteiger partial charge in [-0.2, -0.15) is 0 Å². The summed E-state index contributed by atoms with van der Waals surface area (Å²) >= 11 is 0. The molecule has 9 heteroatoms. The number of rotatable bonds is 47. The van der Waals surface area contributed by atoms with E-state index in [1.54, 1.807) is 6.08 Å². The number of hydrogen-bond donors (Lipinski definition) is 6. The molecule has 0 aromatic rings. The lowest BCUT2D eigenvalue weighted by atomic mass is 9.99. The maximum absolute atomic E-state index is 12.9. The number of carbonyl (C=O) groups is 1. The number of unbranched alkanes of at least 4 members (excludes halogenated alkanes) is 35. The molecule has 1 aliphatic rings. The summed E-state index contributed by atoms with van der Waals surface area (Å²) in [4.78, 5) is 12.9. The third-order valence-corrected chi connectivity index (χ3v) is 13.3. The van der Waals surface area contributed by atoms with Gasteiger partial charge in [-0.15, -0.1) is 0 Å². The van der Waals surface area contributed by atoms with Crippen LogP contribution in [0.5, 0.6) is 0 Å². The molecule has 0 radical (unpaired) electrons. The zero-order valence-corrected chi connectivity index (χ0v) is 41.8. The molecule has 1 rings (SSSR count). The Labute approximate surface area is 394 Å². The van der Waals surface area contributed by atoms with Crippen LogP contribution in [0.3, 0.4) is 0 Å². The van der Waals surface area contributed by atoms with E-state index in [2.05, 4.69) is 31.3 Å². The van der Waals surface area contributed by atoms with Gasteiger partial charge in [-0.25, -0.2) is 0 Å². The molecule has 64 heavy (non-hydrogen) atoms. The molecule has 0 bridgehead atoms. The van der Waals surface area contributed by atoms with E-state index in [0.29, 0.717) is 6.42 Å². The summed E-state index contributed by atoms with van der Waals surface area (Å²) in [6, 6.07) is -0.816. The Bertz CT molecular complexity index is 1060. The molecule has 9 nitrogen and oxygen atoms in total. The Morgan fingerprint density at radius 2 is 0.891 bits per heavy atom. The maximum Gasteiger partial charge on any atom is 0.220 e. The summed E-state index contributed by atoms with van der Waals surface area (Å²) in [5.74, 6) is -0.188. The Kier molecular flexibility index (Phi) is 43.1. The van der Waals surface area contributed by atoms with Crippen molar-refractivity contribution in [3.05, 3.63) is 24.3 Å². The molecule has 1 saturated heterocycles. The first-order valence-electron chi connectivity index (χ1n) is 27.6. The minimum atomic E-state index is -1.57. The molecule has 1 aliphatic heterocycles. The summed E-state index contributed by atoms with van der Waals surface area (Å²) in [5.41, 5.74) is 0. The van der Waals surface area contributed by atoms with E-state index in [1.165, 1.54) is 205 Å². The highest BCUT2D eigenvalue weighted by Crippen LogP contribution is 2.23. The van der Waals surface area contributed by atoms with Crippen molar-refractivity contribution in [2.75, 3.05) is 13.2 Å². The highest BCUT2D eigenvalue weighted by atomic mass is 16.7. The number of ether oxygens (including phenoxy) is 2. The van der Waals surface area contributed by atoms with Crippen molar-refractivity contribution in [2.24, 2.45) is 0 Å². The predicted octanol–water partition coefficient (Wildman–Crippen LogP) is 13.0. The Hall–Kier alpha value is -1.33. The molecule has 1 amide bonds. The monoisotopic (exact) mass is 908 g/mol. The summed E-state index contributed by atoms with van der Waals surface area (Å²) in [6.45, 7) is 3.75. The zero-order valence-electron chi connectivity index (χ0n) is 41.8. The number of aliphatic hydroxyl groups excluding tert-OH is 5. The van der Waals surface area contributed by atoms with Crippen molar-refractivity contribution >= 4 is 5.91 Å². The molecule has 0 aromatic heterocycles. The van der Waals surface area contributed by atoms with Gasteiger partial charge in [0.05, 0.1) is 25.4 Å². The van der Waals surface area contributed by atoms with Crippen LogP contribution in [0.1, 0.15) is 264 Å². The summed E-state index contributed by atoms with van der Waals surface area (Å²) < 4.78 is 11.2. The quantitative estimate of drug-likeness (QED) is 0.0261. The molecule has 1 fully saturated rings. The highest BCUT2D eigenvalue weighted by Gasteiger charge is 2.44. The standard InChI is InChI=1S/C55H105NO8/c1-3-5-7-9-11-13-14-15-16-17-18-19-20-21-22-23-24-25-26-27-28-29-30-31-32-33-34-35-37-38-40-42-44-49(58)48(47-63-55-54(62)53(61)52(60)50(46-57)64-55)56-51(59)45-43-41-39-36-12-10-8-6-4-2/h35,37,42,44,48-50,52-55,57-58,60-62H,3-34,36,38-41,43,45-47H2,1-2H3,(H,56,59)/b37-35+,44-42+. The van der Waals surface area contributed by atoms with Gasteiger partial charge >= 0.3 is 0 Å². The third-order valence-electron chi connectivity index (χ3n) is 13.3. The fraction of sp³-hybridized carbons (Fsp3) is 0.909. The van der Waals surface area contributed by atoms with Gasteiger partial charge in [0.2, 0.25) is 5.91 Å². The van der Waals surface area contributed by atoms with Crippen molar-refractivity contribution in [3.63, 3.8) is 0 Å². The third kappa shape index (κ3) is 34.9. The molecule has 0 aliphatic carbocycles. The topological polar surface area (TPSA) is 149 Å².